The van der Waals surface area contributed by atoms with Crippen molar-refractivity contribution in [1.82, 2.24) is 19.9 Å². The molecular formula is C10H16N6O. The van der Waals surface area contributed by atoms with Crippen molar-refractivity contribution in [2.24, 2.45) is 0 Å². The molecule has 0 aliphatic carbocycles. The van der Waals surface area contributed by atoms with Crippen molar-refractivity contribution < 1.29 is 5.11 Å². The second-order valence-electron chi connectivity index (χ2n) is 4.02. The molecule has 0 saturated heterocycles. The number of anilines is 2. The van der Waals surface area contributed by atoms with E-state index < -0.39 is 0 Å². The number of aliphatic hydroxyl groups is 1. The molecule has 7 nitrogen and oxygen atoms in total. The molecule has 0 aliphatic rings. The molecule has 0 amide bonds. The van der Waals surface area contributed by atoms with Crippen molar-refractivity contribution in [1.29, 1.82) is 0 Å². The molecule has 17 heavy (non-hydrogen) atoms. The van der Waals surface area contributed by atoms with Crippen molar-refractivity contribution in [3.05, 3.63) is 6.33 Å². The van der Waals surface area contributed by atoms with Gasteiger partial charge in [0.2, 0.25) is 5.95 Å². The number of imidazole rings is 1. The summed E-state index contributed by atoms with van der Waals surface area (Å²) >= 11 is 0. The number of nitrogens with two attached hydrogens (primary N) is 1. The first-order chi connectivity index (χ1) is 8.13. The summed E-state index contributed by atoms with van der Waals surface area (Å²) < 4.78 is 0. The van der Waals surface area contributed by atoms with E-state index in [-0.39, 0.29) is 18.6 Å². The van der Waals surface area contributed by atoms with Crippen LogP contribution < -0.4 is 10.6 Å². The van der Waals surface area contributed by atoms with Crippen molar-refractivity contribution in [2.45, 2.75) is 19.9 Å². The van der Waals surface area contributed by atoms with Crippen LogP contribution in [0.25, 0.3) is 11.2 Å². The first-order valence-electron chi connectivity index (χ1n) is 5.47. The second-order valence-corrected chi connectivity index (χ2v) is 4.02. The summed E-state index contributed by atoms with van der Waals surface area (Å²) in [6.45, 7) is 4.59. The van der Waals surface area contributed by atoms with Crippen molar-refractivity contribution >= 4 is 22.9 Å². The number of rotatable bonds is 4. The highest BCUT2D eigenvalue weighted by Crippen LogP contribution is 2.23. The van der Waals surface area contributed by atoms with Gasteiger partial charge in [-0.05, 0) is 13.8 Å². The van der Waals surface area contributed by atoms with E-state index in [0.29, 0.717) is 18.0 Å². The normalized spacial score (nSPS) is 11.3. The number of H-pyrrole nitrogens is 1. The van der Waals surface area contributed by atoms with E-state index in [4.69, 9.17) is 10.8 Å². The largest absolute Gasteiger partial charge is 0.395 e. The predicted molar refractivity (Wildman–Crippen MR) is 65.7 cm³/mol. The van der Waals surface area contributed by atoms with Crippen LogP contribution in [0.5, 0.6) is 0 Å². The van der Waals surface area contributed by atoms with E-state index >= 15 is 0 Å². The molecule has 0 unspecified atom stereocenters. The summed E-state index contributed by atoms with van der Waals surface area (Å²) in [7, 11) is 0. The van der Waals surface area contributed by atoms with Gasteiger partial charge in [0.05, 0.1) is 12.9 Å². The lowest BCUT2D eigenvalue weighted by atomic mass is 10.3. The molecule has 7 heteroatoms. The minimum atomic E-state index is 0.0533. The molecular weight excluding hydrogens is 220 g/mol. The molecule has 92 valence electrons. The standard InChI is InChI=1S/C10H16N6O/c1-6(2)16(3-4-17)9-7-8(13-5-12-7)14-10(11)15-9/h5-6,17H,3-4H2,1-2H3,(H3,11,12,13,14,15). The zero-order valence-electron chi connectivity index (χ0n) is 9.88. The summed E-state index contributed by atoms with van der Waals surface area (Å²) in [5.41, 5.74) is 6.93. The van der Waals surface area contributed by atoms with Crippen LogP contribution in [0.2, 0.25) is 0 Å². The van der Waals surface area contributed by atoms with Gasteiger partial charge in [0.15, 0.2) is 11.5 Å². The molecule has 0 aromatic carbocycles. The van der Waals surface area contributed by atoms with Gasteiger partial charge in [0, 0.05) is 12.6 Å². The lowest BCUT2D eigenvalue weighted by Gasteiger charge is -2.27. The third kappa shape index (κ3) is 2.14. The number of aromatic nitrogens is 4. The SMILES string of the molecule is CC(C)N(CCO)c1nc(N)nc2nc[nH]c12. The molecule has 0 fully saturated rings. The monoisotopic (exact) mass is 236 g/mol. The summed E-state index contributed by atoms with van der Waals surface area (Å²) in [5.74, 6) is 0.859. The van der Waals surface area contributed by atoms with Gasteiger partial charge < -0.3 is 20.7 Å². The molecule has 0 saturated carbocycles. The van der Waals surface area contributed by atoms with Gasteiger partial charge in [0.25, 0.3) is 0 Å². The van der Waals surface area contributed by atoms with Crippen LogP contribution in [0.1, 0.15) is 13.8 Å². The maximum atomic E-state index is 9.10. The van der Waals surface area contributed by atoms with E-state index in [1.165, 1.54) is 0 Å². The predicted octanol–water partition coefficient (Wildman–Crippen LogP) is 0.142. The molecule has 0 spiro atoms. The number of hydrogen-bond acceptors (Lipinski definition) is 6. The number of nitrogen functional groups attached to an aromatic ring is 1. The van der Waals surface area contributed by atoms with E-state index in [1.54, 1.807) is 6.33 Å². The maximum absolute atomic E-state index is 9.10. The van der Waals surface area contributed by atoms with E-state index in [1.807, 2.05) is 18.7 Å². The lowest BCUT2D eigenvalue weighted by Crippen LogP contribution is -2.34. The Bertz CT molecular complexity index is 508. The summed E-state index contributed by atoms with van der Waals surface area (Å²) in [6.07, 6.45) is 1.56. The van der Waals surface area contributed by atoms with Crippen LogP contribution in [0.4, 0.5) is 11.8 Å². The van der Waals surface area contributed by atoms with Crippen LogP contribution in [0, 0.1) is 0 Å². The fourth-order valence-electron chi connectivity index (χ4n) is 1.76. The minimum Gasteiger partial charge on any atom is -0.395 e. The van der Waals surface area contributed by atoms with Gasteiger partial charge in [-0.2, -0.15) is 9.97 Å². The van der Waals surface area contributed by atoms with Crippen LogP contribution in [-0.2, 0) is 0 Å². The van der Waals surface area contributed by atoms with Crippen molar-refractivity contribution in [3.63, 3.8) is 0 Å². The van der Waals surface area contributed by atoms with E-state index in [0.717, 1.165) is 5.52 Å². The Morgan fingerprint density at radius 1 is 1.47 bits per heavy atom. The Balaban J connectivity index is 2.54. The molecule has 0 atom stereocenters. The highest BCUT2D eigenvalue weighted by atomic mass is 16.3. The van der Waals surface area contributed by atoms with Gasteiger partial charge in [-0.15, -0.1) is 0 Å². The number of aromatic amines is 1. The number of nitrogens with zero attached hydrogens (tertiary/aromatic N) is 4. The van der Waals surface area contributed by atoms with Gasteiger partial charge in [-0.3, -0.25) is 0 Å². The van der Waals surface area contributed by atoms with Gasteiger partial charge in [-0.1, -0.05) is 0 Å². The maximum Gasteiger partial charge on any atom is 0.224 e. The van der Waals surface area contributed by atoms with E-state index in [2.05, 4.69) is 19.9 Å². The van der Waals surface area contributed by atoms with Crippen molar-refractivity contribution in [2.75, 3.05) is 23.8 Å². The Morgan fingerprint density at radius 3 is 2.88 bits per heavy atom. The lowest BCUT2D eigenvalue weighted by molar-refractivity contribution is 0.298. The Kier molecular flexibility index (Phi) is 3.10. The Hall–Kier alpha value is -1.89. The zero-order valence-corrected chi connectivity index (χ0v) is 9.88. The van der Waals surface area contributed by atoms with Gasteiger partial charge >= 0.3 is 0 Å². The third-order valence-electron chi connectivity index (χ3n) is 2.52. The topological polar surface area (TPSA) is 104 Å². The fourth-order valence-corrected chi connectivity index (χ4v) is 1.76. The Morgan fingerprint density at radius 2 is 2.24 bits per heavy atom. The first kappa shape index (κ1) is 11.6. The highest BCUT2D eigenvalue weighted by molar-refractivity contribution is 5.84. The van der Waals surface area contributed by atoms with E-state index in [9.17, 15) is 0 Å². The van der Waals surface area contributed by atoms with Gasteiger partial charge in [0.1, 0.15) is 5.52 Å². The molecule has 2 rings (SSSR count). The summed E-state index contributed by atoms with van der Waals surface area (Å²) in [5, 5.41) is 9.10. The number of fused-ring (bicyclic) bond motifs is 1. The molecule has 0 bridgehead atoms. The summed E-state index contributed by atoms with van der Waals surface area (Å²) in [6, 6.07) is 0.197. The van der Waals surface area contributed by atoms with Crippen LogP contribution in [0.15, 0.2) is 6.33 Å². The van der Waals surface area contributed by atoms with Crippen LogP contribution in [0.3, 0.4) is 0 Å². The van der Waals surface area contributed by atoms with Crippen molar-refractivity contribution in [3.8, 4) is 0 Å². The summed E-state index contributed by atoms with van der Waals surface area (Å²) in [4.78, 5) is 17.3. The Labute approximate surface area is 98.7 Å². The molecule has 0 radical (unpaired) electrons. The molecule has 4 N–H and O–H groups in total. The molecule has 2 aromatic heterocycles. The van der Waals surface area contributed by atoms with Crippen LogP contribution >= 0.6 is 0 Å². The number of aliphatic hydroxyl groups excluding tert-OH is 1. The molecule has 0 aliphatic heterocycles. The fraction of sp³-hybridized carbons (Fsp3) is 0.500. The smallest absolute Gasteiger partial charge is 0.224 e. The number of hydrogen-bond donors (Lipinski definition) is 3. The zero-order chi connectivity index (χ0) is 12.4. The molecule has 2 aromatic rings. The third-order valence-corrected chi connectivity index (χ3v) is 2.52. The quantitative estimate of drug-likeness (QED) is 0.697. The second kappa shape index (κ2) is 4.54. The average molecular weight is 236 g/mol. The average Bonchev–Trinajstić information content (AvgIpc) is 2.72. The minimum absolute atomic E-state index is 0.0533. The molecule has 2 heterocycles. The number of nitrogens with one attached hydrogen (secondary N) is 1. The first-order valence-corrected chi connectivity index (χ1v) is 5.47. The highest BCUT2D eigenvalue weighted by Gasteiger charge is 2.17. The van der Waals surface area contributed by atoms with Crippen LogP contribution in [-0.4, -0.2) is 44.2 Å². The van der Waals surface area contributed by atoms with Gasteiger partial charge in [-0.25, -0.2) is 4.98 Å².